The molecule has 0 fully saturated rings. The minimum Gasteiger partial charge on any atom is -0.497 e. The Bertz CT molecular complexity index is 1020. The van der Waals surface area contributed by atoms with Gasteiger partial charge in [0.2, 0.25) is 5.91 Å². The molecule has 3 rings (SSSR count). The van der Waals surface area contributed by atoms with E-state index in [9.17, 15) is 4.79 Å². The summed E-state index contributed by atoms with van der Waals surface area (Å²) < 4.78 is 5.41. The van der Waals surface area contributed by atoms with Crippen molar-refractivity contribution in [2.45, 2.75) is 32.7 Å². The van der Waals surface area contributed by atoms with Gasteiger partial charge in [0.25, 0.3) is 0 Å². The highest BCUT2D eigenvalue weighted by Gasteiger charge is 2.10. The molecule has 2 aromatic carbocycles. The molecule has 2 N–H and O–H groups in total. The van der Waals surface area contributed by atoms with E-state index >= 15 is 0 Å². The zero-order valence-corrected chi connectivity index (χ0v) is 17.8. The second-order valence-corrected chi connectivity index (χ2v) is 7.43. The second-order valence-electron chi connectivity index (χ2n) is 7.43. The maximum atomic E-state index is 12.3. The molecule has 0 aliphatic rings. The Hall–Kier alpha value is -3.34. The van der Waals surface area contributed by atoms with Gasteiger partial charge in [-0.15, -0.1) is 0 Å². The topological polar surface area (TPSA) is 63.2 Å². The van der Waals surface area contributed by atoms with Crippen LogP contribution in [0.2, 0.25) is 0 Å². The predicted molar refractivity (Wildman–Crippen MR) is 124 cm³/mol. The van der Waals surface area contributed by atoms with Crippen LogP contribution in [0.25, 0.3) is 17.0 Å². The van der Waals surface area contributed by atoms with Crippen LogP contribution in [0.3, 0.4) is 0 Å². The Labute approximate surface area is 178 Å². The highest BCUT2D eigenvalue weighted by Crippen LogP contribution is 2.28. The summed E-state index contributed by atoms with van der Waals surface area (Å²) in [5, 5.41) is 7.58. The predicted octanol–water partition coefficient (Wildman–Crippen LogP) is 5.04. The molecule has 0 saturated carbocycles. The van der Waals surface area contributed by atoms with Gasteiger partial charge in [-0.25, -0.2) is 0 Å². The first-order chi connectivity index (χ1) is 14.6. The molecule has 1 aromatic heterocycles. The van der Waals surface area contributed by atoms with Crippen LogP contribution in [0.15, 0.2) is 66.4 Å². The monoisotopic (exact) mass is 403 g/mol. The Kier molecular flexibility index (Phi) is 7.44. The lowest BCUT2D eigenvalue weighted by atomic mass is 10.1. The van der Waals surface area contributed by atoms with E-state index in [1.165, 1.54) is 0 Å². The molecule has 0 aliphatic heterocycles. The minimum atomic E-state index is -0.0255. The third-order valence-corrected chi connectivity index (χ3v) is 4.96. The molecule has 0 radical (unpaired) electrons. The third kappa shape index (κ3) is 5.83. The summed E-state index contributed by atoms with van der Waals surface area (Å²) in [6.07, 6.45) is 5.51. The molecule has 0 saturated heterocycles. The van der Waals surface area contributed by atoms with E-state index in [0.717, 1.165) is 40.7 Å². The number of benzene rings is 2. The van der Waals surface area contributed by atoms with Gasteiger partial charge >= 0.3 is 0 Å². The second kappa shape index (κ2) is 10.4. The number of fused-ring (bicyclic) bond motifs is 1. The average Bonchev–Trinajstić information content (AvgIpc) is 2.77. The van der Waals surface area contributed by atoms with Crippen molar-refractivity contribution >= 4 is 28.6 Å². The first-order valence-corrected chi connectivity index (χ1v) is 10.3. The number of hydrogen-bond donors (Lipinski definition) is 2. The number of ether oxygens (including phenoxy) is 1. The standard InChI is InChI=1S/C25H29N3O2/c1-18(15-20-10-5-4-6-11-20)25(29)27-14-7-9-19(2)28-23-17-22(30-3)16-21-12-8-13-26-24(21)23/h4-6,8,10-13,15-17,19,28H,7,9,14H2,1-3H3,(H,27,29)/b18-15+. The zero-order valence-electron chi connectivity index (χ0n) is 17.8. The summed E-state index contributed by atoms with van der Waals surface area (Å²) >= 11 is 0. The number of amides is 1. The van der Waals surface area contributed by atoms with Crippen LogP contribution in [-0.4, -0.2) is 30.6 Å². The SMILES string of the molecule is COc1cc(NC(C)CCCNC(=O)/C(C)=C/c2ccccc2)c2ncccc2c1. The Morgan fingerprint density at radius 2 is 1.97 bits per heavy atom. The third-order valence-electron chi connectivity index (χ3n) is 4.96. The molecule has 3 aromatic rings. The molecule has 5 heteroatoms. The van der Waals surface area contributed by atoms with Gasteiger partial charge in [-0.1, -0.05) is 36.4 Å². The van der Waals surface area contributed by atoms with Crippen molar-refractivity contribution in [2.24, 2.45) is 0 Å². The number of anilines is 1. The number of carbonyl (C=O) groups excluding carboxylic acids is 1. The van der Waals surface area contributed by atoms with E-state index < -0.39 is 0 Å². The molecular weight excluding hydrogens is 374 g/mol. The van der Waals surface area contributed by atoms with Gasteiger partial charge in [-0.05, 0) is 50.5 Å². The van der Waals surface area contributed by atoms with Gasteiger partial charge in [-0.3, -0.25) is 9.78 Å². The summed E-state index contributed by atoms with van der Waals surface area (Å²) in [5.41, 5.74) is 3.63. The number of rotatable bonds is 9. The molecule has 5 nitrogen and oxygen atoms in total. The lowest BCUT2D eigenvalue weighted by molar-refractivity contribution is -0.117. The van der Waals surface area contributed by atoms with Crippen molar-refractivity contribution in [1.82, 2.24) is 10.3 Å². The van der Waals surface area contributed by atoms with Crippen LogP contribution in [0.1, 0.15) is 32.3 Å². The fourth-order valence-corrected chi connectivity index (χ4v) is 3.34. The quantitative estimate of drug-likeness (QED) is 0.388. The van der Waals surface area contributed by atoms with Crippen molar-refractivity contribution in [3.63, 3.8) is 0 Å². The zero-order chi connectivity index (χ0) is 21.3. The Morgan fingerprint density at radius 3 is 2.73 bits per heavy atom. The van der Waals surface area contributed by atoms with E-state index in [0.29, 0.717) is 12.1 Å². The van der Waals surface area contributed by atoms with Gasteiger partial charge < -0.3 is 15.4 Å². The van der Waals surface area contributed by atoms with Gasteiger partial charge in [0.1, 0.15) is 5.75 Å². The van der Waals surface area contributed by atoms with E-state index in [1.54, 1.807) is 13.3 Å². The van der Waals surface area contributed by atoms with Crippen molar-refractivity contribution in [3.8, 4) is 5.75 Å². The fourth-order valence-electron chi connectivity index (χ4n) is 3.34. The van der Waals surface area contributed by atoms with E-state index in [-0.39, 0.29) is 11.9 Å². The summed E-state index contributed by atoms with van der Waals surface area (Å²) in [6, 6.07) is 18.0. The van der Waals surface area contributed by atoms with E-state index in [2.05, 4.69) is 22.5 Å². The molecule has 0 aliphatic carbocycles. The number of carbonyl (C=O) groups is 1. The number of methoxy groups -OCH3 is 1. The van der Waals surface area contributed by atoms with Crippen LogP contribution in [0.5, 0.6) is 5.75 Å². The molecular formula is C25H29N3O2. The van der Waals surface area contributed by atoms with Crippen LogP contribution in [0.4, 0.5) is 5.69 Å². The highest BCUT2D eigenvalue weighted by molar-refractivity contribution is 5.97. The lowest BCUT2D eigenvalue weighted by Gasteiger charge is -2.17. The summed E-state index contributed by atoms with van der Waals surface area (Å²) in [7, 11) is 1.67. The molecule has 1 heterocycles. The Balaban J connectivity index is 1.50. The number of pyridine rings is 1. The molecule has 0 spiro atoms. The van der Waals surface area contributed by atoms with Crippen molar-refractivity contribution in [2.75, 3.05) is 19.0 Å². The fraction of sp³-hybridized carbons (Fsp3) is 0.280. The van der Waals surface area contributed by atoms with Gasteiger partial charge in [-0.2, -0.15) is 0 Å². The maximum absolute atomic E-state index is 12.3. The largest absolute Gasteiger partial charge is 0.497 e. The summed E-state index contributed by atoms with van der Waals surface area (Å²) in [5.74, 6) is 0.778. The van der Waals surface area contributed by atoms with E-state index in [1.807, 2.05) is 67.6 Å². The molecule has 1 unspecified atom stereocenters. The lowest BCUT2D eigenvalue weighted by Crippen LogP contribution is -2.26. The maximum Gasteiger partial charge on any atom is 0.246 e. The van der Waals surface area contributed by atoms with Crippen LogP contribution >= 0.6 is 0 Å². The first kappa shape index (κ1) is 21.4. The van der Waals surface area contributed by atoms with Crippen molar-refractivity contribution in [1.29, 1.82) is 0 Å². The van der Waals surface area contributed by atoms with Crippen LogP contribution < -0.4 is 15.4 Å². The highest BCUT2D eigenvalue weighted by atomic mass is 16.5. The normalized spacial score (nSPS) is 12.4. The Morgan fingerprint density at radius 1 is 1.17 bits per heavy atom. The molecule has 0 bridgehead atoms. The van der Waals surface area contributed by atoms with Crippen molar-refractivity contribution in [3.05, 3.63) is 71.9 Å². The van der Waals surface area contributed by atoms with Gasteiger partial charge in [0.05, 0.1) is 18.3 Å². The number of hydrogen-bond acceptors (Lipinski definition) is 4. The van der Waals surface area contributed by atoms with Crippen LogP contribution in [0, 0.1) is 0 Å². The molecule has 30 heavy (non-hydrogen) atoms. The number of nitrogens with zero attached hydrogens (tertiary/aromatic N) is 1. The van der Waals surface area contributed by atoms with E-state index in [4.69, 9.17) is 4.74 Å². The molecule has 156 valence electrons. The summed E-state index contributed by atoms with van der Waals surface area (Å²) in [6.45, 7) is 4.62. The minimum absolute atomic E-state index is 0.0255. The van der Waals surface area contributed by atoms with Crippen LogP contribution in [-0.2, 0) is 4.79 Å². The number of nitrogens with one attached hydrogen (secondary N) is 2. The van der Waals surface area contributed by atoms with Gasteiger partial charge in [0.15, 0.2) is 0 Å². The molecule has 1 amide bonds. The summed E-state index contributed by atoms with van der Waals surface area (Å²) in [4.78, 5) is 16.8. The smallest absolute Gasteiger partial charge is 0.246 e. The molecule has 1 atom stereocenters. The van der Waals surface area contributed by atoms with Crippen molar-refractivity contribution < 1.29 is 9.53 Å². The van der Waals surface area contributed by atoms with Gasteiger partial charge in [0, 0.05) is 35.8 Å². The average molecular weight is 404 g/mol. The number of aromatic nitrogens is 1. The first-order valence-electron chi connectivity index (χ1n) is 10.3.